The number of nitrogens with one attached hydrogen (secondary N) is 1. The van der Waals surface area contributed by atoms with Crippen molar-refractivity contribution in [3.63, 3.8) is 0 Å². The van der Waals surface area contributed by atoms with Crippen LogP contribution in [0.5, 0.6) is 0 Å². The molecule has 0 amide bonds. The molecular weight excluding hydrogens is 172 g/mol. The first-order chi connectivity index (χ1) is 6.74. The lowest BCUT2D eigenvalue weighted by molar-refractivity contribution is 0.558. The molecule has 0 bridgehead atoms. The maximum absolute atomic E-state index is 5.52. The minimum Gasteiger partial charge on any atom is -0.329 e. The molecule has 1 rings (SSSR count). The smallest absolute Gasteiger partial charge is 0.0162 e. The quantitative estimate of drug-likeness (QED) is 0.741. The number of aryl methyl sites for hydroxylation is 1. The Balaban J connectivity index is 2.35. The predicted octanol–water partition coefficient (Wildman–Crippen LogP) is 1.47. The van der Waals surface area contributed by atoms with E-state index in [1.807, 2.05) is 0 Å². The zero-order valence-corrected chi connectivity index (χ0v) is 9.09. The Kier molecular flexibility index (Phi) is 4.63. The predicted molar refractivity (Wildman–Crippen MR) is 61.4 cm³/mol. The van der Waals surface area contributed by atoms with Crippen molar-refractivity contribution in [2.24, 2.45) is 5.73 Å². The highest BCUT2D eigenvalue weighted by atomic mass is 14.9. The van der Waals surface area contributed by atoms with Crippen molar-refractivity contribution < 1.29 is 0 Å². The summed E-state index contributed by atoms with van der Waals surface area (Å²) in [5, 5.41) is 3.38. The number of nitrogens with two attached hydrogens (primary N) is 1. The number of hydrogen-bond donors (Lipinski definition) is 2. The van der Waals surface area contributed by atoms with E-state index in [0.29, 0.717) is 12.6 Å². The van der Waals surface area contributed by atoms with Gasteiger partial charge in [-0.15, -0.1) is 0 Å². The van der Waals surface area contributed by atoms with Crippen LogP contribution >= 0.6 is 0 Å². The van der Waals surface area contributed by atoms with Crippen LogP contribution in [-0.4, -0.2) is 19.1 Å². The van der Waals surface area contributed by atoms with Crippen molar-refractivity contribution in [1.29, 1.82) is 0 Å². The first-order valence-electron chi connectivity index (χ1n) is 5.22. The third-order valence-corrected chi connectivity index (χ3v) is 2.50. The second-order valence-corrected chi connectivity index (χ2v) is 3.77. The average molecular weight is 192 g/mol. The molecule has 0 aliphatic rings. The molecule has 0 heterocycles. The van der Waals surface area contributed by atoms with E-state index in [-0.39, 0.29) is 0 Å². The maximum Gasteiger partial charge on any atom is 0.0162 e. The second-order valence-electron chi connectivity index (χ2n) is 3.77. The first-order valence-corrected chi connectivity index (χ1v) is 5.22. The Morgan fingerprint density at radius 1 is 1.36 bits per heavy atom. The van der Waals surface area contributed by atoms with Gasteiger partial charge in [0, 0.05) is 12.6 Å². The molecule has 0 saturated heterocycles. The third-order valence-electron chi connectivity index (χ3n) is 2.50. The van der Waals surface area contributed by atoms with E-state index in [2.05, 4.69) is 43.4 Å². The monoisotopic (exact) mass is 192 g/mol. The Morgan fingerprint density at radius 3 is 2.71 bits per heavy atom. The van der Waals surface area contributed by atoms with Gasteiger partial charge in [0.1, 0.15) is 0 Å². The molecule has 14 heavy (non-hydrogen) atoms. The molecule has 1 aromatic rings. The van der Waals surface area contributed by atoms with Crippen LogP contribution in [0.4, 0.5) is 0 Å². The molecule has 2 nitrogen and oxygen atoms in total. The fraction of sp³-hybridized carbons (Fsp3) is 0.500. The van der Waals surface area contributed by atoms with Gasteiger partial charge in [-0.2, -0.15) is 0 Å². The van der Waals surface area contributed by atoms with Crippen LogP contribution in [0, 0.1) is 6.92 Å². The lowest BCUT2D eigenvalue weighted by atomic mass is 10.1. The highest BCUT2D eigenvalue weighted by Crippen LogP contribution is 2.06. The summed E-state index contributed by atoms with van der Waals surface area (Å²) in [5.41, 5.74) is 8.31. The highest BCUT2D eigenvalue weighted by molar-refractivity contribution is 5.25. The molecule has 0 saturated carbocycles. The largest absolute Gasteiger partial charge is 0.329 e. The van der Waals surface area contributed by atoms with Crippen LogP contribution in [0.2, 0.25) is 0 Å². The summed E-state index contributed by atoms with van der Waals surface area (Å²) < 4.78 is 0. The van der Waals surface area contributed by atoms with Crippen molar-refractivity contribution in [2.75, 3.05) is 13.1 Å². The molecular formula is C12H20N2. The minimum absolute atomic E-state index is 0.416. The SMILES string of the molecule is Cc1ccccc1CCN[C@@H](C)CN. The van der Waals surface area contributed by atoms with Crippen LogP contribution in [0.1, 0.15) is 18.1 Å². The fourth-order valence-corrected chi connectivity index (χ4v) is 1.43. The highest BCUT2D eigenvalue weighted by Gasteiger charge is 1.99. The molecule has 78 valence electrons. The van der Waals surface area contributed by atoms with Crippen LogP contribution in [0.15, 0.2) is 24.3 Å². The molecule has 0 radical (unpaired) electrons. The molecule has 0 spiro atoms. The molecule has 0 fully saturated rings. The molecule has 0 aliphatic carbocycles. The Labute approximate surface area is 86.5 Å². The molecule has 1 aromatic carbocycles. The lowest BCUT2D eigenvalue weighted by Crippen LogP contribution is -2.34. The van der Waals surface area contributed by atoms with Gasteiger partial charge in [-0.1, -0.05) is 24.3 Å². The number of benzene rings is 1. The van der Waals surface area contributed by atoms with Crippen LogP contribution in [0.25, 0.3) is 0 Å². The zero-order chi connectivity index (χ0) is 10.4. The van der Waals surface area contributed by atoms with E-state index in [4.69, 9.17) is 5.73 Å². The maximum atomic E-state index is 5.52. The molecule has 3 N–H and O–H groups in total. The number of rotatable bonds is 5. The topological polar surface area (TPSA) is 38.0 Å². The van der Waals surface area contributed by atoms with Gasteiger partial charge >= 0.3 is 0 Å². The lowest BCUT2D eigenvalue weighted by Gasteiger charge is -2.11. The van der Waals surface area contributed by atoms with E-state index in [0.717, 1.165) is 13.0 Å². The summed E-state index contributed by atoms with van der Waals surface area (Å²) in [5.74, 6) is 0. The van der Waals surface area contributed by atoms with E-state index < -0.39 is 0 Å². The summed E-state index contributed by atoms with van der Waals surface area (Å²) in [4.78, 5) is 0. The van der Waals surface area contributed by atoms with Crippen molar-refractivity contribution in [3.8, 4) is 0 Å². The average Bonchev–Trinajstić information content (AvgIpc) is 2.20. The van der Waals surface area contributed by atoms with Gasteiger partial charge in [-0.3, -0.25) is 0 Å². The van der Waals surface area contributed by atoms with E-state index in [1.54, 1.807) is 0 Å². The van der Waals surface area contributed by atoms with E-state index in [1.165, 1.54) is 11.1 Å². The summed E-state index contributed by atoms with van der Waals surface area (Å²) in [7, 11) is 0. The first kappa shape index (κ1) is 11.2. The van der Waals surface area contributed by atoms with Gasteiger partial charge in [-0.25, -0.2) is 0 Å². The Bertz CT molecular complexity index is 271. The standard InChI is InChI=1S/C12H20N2/c1-10-5-3-4-6-12(10)7-8-14-11(2)9-13/h3-6,11,14H,7-9,13H2,1-2H3/t11-/m0/s1. The van der Waals surface area contributed by atoms with Crippen LogP contribution in [0.3, 0.4) is 0 Å². The Morgan fingerprint density at radius 2 is 2.07 bits per heavy atom. The fourth-order valence-electron chi connectivity index (χ4n) is 1.43. The van der Waals surface area contributed by atoms with E-state index in [9.17, 15) is 0 Å². The zero-order valence-electron chi connectivity index (χ0n) is 9.09. The van der Waals surface area contributed by atoms with E-state index >= 15 is 0 Å². The summed E-state index contributed by atoms with van der Waals surface area (Å²) >= 11 is 0. The van der Waals surface area contributed by atoms with Gasteiger partial charge in [0.15, 0.2) is 0 Å². The second kappa shape index (κ2) is 5.78. The normalized spacial score (nSPS) is 12.8. The van der Waals surface area contributed by atoms with Crippen molar-refractivity contribution in [2.45, 2.75) is 26.3 Å². The summed E-state index contributed by atoms with van der Waals surface area (Å²) in [6, 6.07) is 8.92. The number of hydrogen-bond acceptors (Lipinski definition) is 2. The molecule has 1 atom stereocenters. The third kappa shape index (κ3) is 3.48. The van der Waals surface area contributed by atoms with Crippen LogP contribution < -0.4 is 11.1 Å². The van der Waals surface area contributed by atoms with Crippen molar-refractivity contribution in [1.82, 2.24) is 5.32 Å². The van der Waals surface area contributed by atoms with Gasteiger partial charge in [0.05, 0.1) is 0 Å². The summed E-state index contributed by atoms with van der Waals surface area (Å²) in [6.45, 7) is 5.97. The molecule has 0 aliphatic heterocycles. The van der Waals surface area contributed by atoms with Crippen molar-refractivity contribution >= 4 is 0 Å². The van der Waals surface area contributed by atoms with Crippen LogP contribution in [-0.2, 0) is 6.42 Å². The minimum atomic E-state index is 0.416. The molecule has 0 aromatic heterocycles. The molecule has 0 unspecified atom stereocenters. The molecule has 2 heteroatoms. The Hall–Kier alpha value is -0.860. The summed E-state index contributed by atoms with van der Waals surface area (Å²) in [6.07, 6.45) is 1.08. The van der Waals surface area contributed by atoms with Crippen molar-refractivity contribution in [3.05, 3.63) is 35.4 Å². The van der Waals surface area contributed by atoms with Gasteiger partial charge < -0.3 is 11.1 Å². The van der Waals surface area contributed by atoms with Gasteiger partial charge in [0.2, 0.25) is 0 Å². The van der Waals surface area contributed by atoms with Gasteiger partial charge in [0.25, 0.3) is 0 Å². The van der Waals surface area contributed by atoms with Gasteiger partial charge in [-0.05, 0) is 37.9 Å².